The van der Waals surface area contributed by atoms with Crippen molar-refractivity contribution in [3.63, 3.8) is 0 Å². The third kappa shape index (κ3) is 4.73. The van der Waals surface area contributed by atoms with Gasteiger partial charge in [-0.25, -0.2) is 0 Å². The van der Waals surface area contributed by atoms with E-state index in [0.717, 1.165) is 68.3 Å². The fourth-order valence-corrected chi connectivity index (χ4v) is 4.01. The third-order valence-electron chi connectivity index (χ3n) is 5.99. The van der Waals surface area contributed by atoms with Crippen LogP contribution in [0.3, 0.4) is 0 Å². The SMILES string of the molecule is Cc1ccc(NCc2ccc3c(c2)CCC(=O)N3C)cc1OCC1CCOCC1. The van der Waals surface area contributed by atoms with Gasteiger partial charge in [0.05, 0.1) is 6.61 Å². The van der Waals surface area contributed by atoms with Gasteiger partial charge in [-0.2, -0.15) is 0 Å². The molecule has 0 aliphatic carbocycles. The molecule has 0 unspecified atom stereocenters. The minimum Gasteiger partial charge on any atom is -0.493 e. The number of nitrogens with one attached hydrogen (secondary N) is 1. The summed E-state index contributed by atoms with van der Waals surface area (Å²) < 4.78 is 11.6. The van der Waals surface area contributed by atoms with E-state index in [1.807, 2.05) is 7.05 Å². The number of benzene rings is 2. The Balaban J connectivity index is 1.38. The molecule has 2 aliphatic rings. The smallest absolute Gasteiger partial charge is 0.227 e. The average Bonchev–Trinajstić information content (AvgIpc) is 2.75. The van der Waals surface area contributed by atoms with Crippen LogP contribution in [0.15, 0.2) is 36.4 Å². The first-order chi connectivity index (χ1) is 14.1. The first-order valence-corrected chi connectivity index (χ1v) is 10.5. The molecule has 0 spiro atoms. The summed E-state index contributed by atoms with van der Waals surface area (Å²) in [5.74, 6) is 1.73. The van der Waals surface area contributed by atoms with E-state index in [9.17, 15) is 4.79 Å². The standard InChI is InChI=1S/C24H30N2O3/c1-17-3-6-21(14-23(17)29-16-18-9-11-28-12-10-18)25-15-19-4-7-22-20(13-19)5-8-24(27)26(22)2/h3-4,6-7,13-14,18,25H,5,8-12,15-16H2,1-2H3. The molecule has 2 aromatic rings. The third-order valence-corrected chi connectivity index (χ3v) is 5.99. The maximum Gasteiger partial charge on any atom is 0.227 e. The molecule has 5 heteroatoms. The number of ether oxygens (including phenoxy) is 2. The van der Waals surface area contributed by atoms with E-state index in [2.05, 4.69) is 48.6 Å². The van der Waals surface area contributed by atoms with E-state index in [0.29, 0.717) is 12.3 Å². The highest BCUT2D eigenvalue weighted by Gasteiger charge is 2.20. The quantitative estimate of drug-likeness (QED) is 0.793. The molecular formula is C24H30N2O3. The number of anilines is 2. The Kier molecular flexibility index (Phi) is 6.05. The molecule has 29 heavy (non-hydrogen) atoms. The second kappa shape index (κ2) is 8.87. The van der Waals surface area contributed by atoms with Crippen LogP contribution in [0.4, 0.5) is 11.4 Å². The number of amides is 1. The molecule has 0 bridgehead atoms. The minimum atomic E-state index is 0.191. The highest BCUT2D eigenvalue weighted by molar-refractivity contribution is 5.95. The Labute approximate surface area is 173 Å². The van der Waals surface area contributed by atoms with Gasteiger partial charge in [0.2, 0.25) is 5.91 Å². The van der Waals surface area contributed by atoms with E-state index < -0.39 is 0 Å². The van der Waals surface area contributed by atoms with Crippen molar-refractivity contribution in [2.24, 2.45) is 5.92 Å². The van der Waals surface area contributed by atoms with Crippen molar-refractivity contribution in [1.82, 2.24) is 0 Å². The zero-order chi connectivity index (χ0) is 20.2. The van der Waals surface area contributed by atoms with E-state index >= 15 is 0 Å². The van der Waals surface area contributed by atoms with Crippen LogP contribution in [-0.2, 0) is 22.5 Å². The highest BCUT2D eigenvalue weighted by atomic mass is 16.5. The van der Waals surface area contributed by atoms with Crippen molar-refractivity contribution in [2.45, 2.75) is 39.2 Å². The number of nitrogens with zero attached hydrogens (tertiary/aromatic N) is 1. The van der Waals surface area contributed by atoms with E-state index in [1.54, 1.807) is 4.90 Å². The molecule has 4 rings (SSSR count). The summed E-state index contributed by atoms with van der Waals surface area (Å²) >= 11 is 0. The zero-order valence-electron chi connectivity index (χ0n) is 17.4. The number of hydrogen-bond acceptors (Lipinski definition) is 4. The predicted molar refractivity (Wildman–Crippen MR) is 116 cm³/mol. The molecule has 0 atom stereocenters. The Morgan fingerprint density at radius 2 is 1.97 bits per heavy atom. The Hall–Kier alpha value is -2.53. The molecular weight excluding hydrogens is 364 g/mol. The lowest BCUT2D eigenvalue weighted by Gasteiger charge is -2.26. The lowest BCUT2D eigenvalue weighted by molar-refractivity contribution is -0.118. The number of hydrogen-bond donors (Lipinski definition) is 1. The molecule has 154 valence electrons. The van der Waals surface area contributed by atoms with Crippen molar-refractivity contribution >= 4 is 17.3 Å². The first-order valence-electron chi connectivity index (χ1n) is 10.5. The van der Waals surface area contributed by atoms with E-state index in [4.69, 9.17) is 9.47 Å². The second-order valence-corrected chi connectivity index (χ2v) is 8.12. The minimum absolute atomic E-state index is 0.191. The molecule has 2 heterocycles. The van der Waals surface area contributed by atoms with Gasteiger partial charge in [0.15, 0.2) is 0 Å². The molecule has 2 aromatic carbocycles. The Morgan fingerprint density at radius 3 is 2.79 bits per heavy atom. The Morgan fingerprint density at radius 1 is 1.14 bits per heavy atom. The maximum atomic E-state index is 11.9. The zero-order valence-corrected chi connectivity index (χ0v) is 17.4. The fraction of sp³-hybridized carbons (Fsp3) is 0.458. The van der Waals surface area contributed by atoms with Crippen LogP contribution < -0.4 is 15.0 Å². The molecule has 2 aliphatic heterocycles. The number of aryl methyl sites for hydroxylation is 2. The van der Waals surface area contributed by atoms with Gasteiger partial charge in [0.1, 0.15) is 5.75 Å². The number of rotatable bonds is 6. The second-order valence-electron chi connectivity index (χ2n) is 8.12. The molecule has 1 saturated heterocycles. The first kappa shape index (κ1) is 19.8. The number of carbonyl (C=O) groups excluding carboxylic acids is 1. The van der Waals surface area contributed by atoms with Crippen molar-refractivity contribution < 1.29 is 14.3 Å². The van der Waals surface area contributed by atoms with Crippen LogP contribution in [0, 0.1) is 12.8 Å². The van der Waals surface area contributed by atoms with Crippen LogP contribution in [0.5, 0.6) is 5.75 Å². The lowest BCUT2D eigenvalue weighted by Crippen LogP contribution is -2.31. The van der Waals surface area contributed by atoms with Crippen LogP contribution in [-0.4, -0.2) is 32.8 Å². The summed E-state index contributed by atoms with van der Waals surface area (Å²) in [6.07, 6.45) is 3.57. The van der Waals surface area contributed by atoms with Crippen LogP contribution in [0.1, 0.15) is 36.0 Å². The summed E-state index contributed by atoms with van der Waals surface area (Å²) in [6, 6.07) is 12.7. The Bertz CT molecular complexity index is 874. The largest absolute Gasteiger partial charge is 0.493 e. The van der Waals surface area contributed by atoms with Gasteiger partial charge in [-0.05, 0) is 60.9 Å². The molecule has 1 fully saturated rings. The lowest BCUT2D eigenvalue weighted by atomic mass is 9.99. The summed E-state index contributed by atoms with van der Waals surface area (Å²) in [5.41, 5.74) is 5.71. The topological polar surface area (TPSA) is 50.8 Å². The van der Waals surface area contributed by atoms with E-state index in [1.165, 1.54) is 11.1 Å². The monoisotopic (exact) mass is 394 g/mol. The summed E-state index contributed by atoms with van der Waals surface area (Å²) in [4.78, 5) is 13.6. The molecule has 0 aromatic heterocycles. The summed E-state index contributed by atoms with van der Waals surface area (Å²) in [6.45, 7) is 5.28. The molecule has 0 radical (unpaired) electrons. The van der Waals surface area contributed by atoms with Gasteiger partial charge < -0.3 is 19.7 Å². The van der Waals surface area contributed by atoms with Gasteiger partial charge in [-0.3, -0.25) is 4.79 Å². The molecule has 1 N–H and O–H groups in total. The average molecular weight is 395 g/mol. The highest BCUT2D eigenvalue weighted by Crippen LogP contribution is 2.29. The van der Waals surface area contributed by atoms with E-state index in [-0.39, 0.29) is 5.91 Å². The van der Waals surface area contributed by atoms with Crippen molar-refractivity contribution in [2.75, 3.05) is 37.1 Å². The number of fused-ring (bicyclic) bond motifs is 1. The van der Waals surface area contributed by atoms with Crippen LogP contribution in [0.25, 0.3) is 0 Å². The van der Waals surface area contributed by atoms with Gasteiger partial charge in [0.25, 0.3) is 0 Å². The number of carbonyl (C=O) groups is 1. The summed E-state index contributed by atoms with van der Waals surface area (Å²) in [5, 5.41) is 3.51. The molecule has 5 nitrogen and oxygen atoms in total. The predicted octanol–water partition coefficient (Wildman–Crippen LogP) is 4.32. The fourth-order valence-electron chi connectivity index (χ4n) is 4.01. The maximum absolute atomic E-state index is 11.9. The van der Waals surface area contributed by atoms with Gasteiger partial charge in [0, 0.05) is 50.7 Å². The normalized spacial score (nSPS) is 17.2. The van der Waals surface area contributed by atoms with Gasteiger partial charge in [-0.1, -0.05) is 18.2 Å². The summed E-state index contributed by atoms with van der Waals surface area (Å²) in [7, 11) is 1.85. The molecule has 0 saturated carbocycles. The van der Waals surface area contributed by atoms with Crippen LogP contribution in [0.2, 0.25) is 0 Å². The molecule has 1 amide bonds. The van der Waals surface area contributed by atoms with Gasteiger partial charge >= 0.3 is 0 Å². The van der Waals surface area contributed by atoms with Gasteiger partial charge in [-0.15, -0.1) is 0 Å². The van der Waals surface area contributed by atoms with Crippen molar-refractivity contribution in [3.05, 3.63) is 53.1 Å². The van der Waals surface area contributed by atoms with Crippen LogP contribution >= 0.6 is 0 Å². The van der Waals surface area contributed by atoms with Crippen molar-refractivity contribution in [1.29, 1.82) is 0 Å². The van der Waals surface area contributed by atoms with Crippen molar-refractivity contribution in [3.8, 4) is 5.75 Å².